The first kappa shape index (κ1) is 17.0. The topological polar surface area (TPSA) is 159 Å². The van der Waals surface area contributed by atoms with E-state index in [1.165, 1.54) is 0 Å². The number of carbonyl (C=O) groups is 1. The minimum absolute atomic E-state index is 0.383. The molecule has 0 aromatic carbocycles. The molecule has 8 heteroatoms. The maximum absolute atomic E-state index is 10.4. The molecule has 18 heavy (non-hydrogen) atoms. The van der Waals surface area contributed by atoms with Crippen LogP contribution in [-0.2, 0) is 4.79 Å². The van der Waals surface area contributed by atoms with Crippen LogP contribution in [0, 0.1) is 0 Å². The van der Waals surface area contributed by atoms with Crippen molar-refractivity contribution >= 4 is 5.97 Å². The second kappa shape index (κ2) is 7.41. The third kappa shape index (κ3) is 4.69. The Bertz CT molecular complexity index is 292. The van der Waals surface area contributed by atoms with E-state index in [9.17, 15) is 25.2 Å². The highest BCUT2D eigenvalue weighted by Gasteiger charge is 2.34. The van der Waals surface area contributed by atoms with Crippen LogP contribution in [0.1, 0.15) is 6.42 Å². The van der Waals surface area contributed by atoms with Crippen molar-refractivity contribution in [1.29, 1.82) is 0 Å². The Kier molecular flexibility index (Phi) is 6.99. The molecule has 0 amide bonds. The van der Waals surface area contributed by atoms with Gasteiger partial charge in [-0.25, -0.2) is 4.79 Å². The van der Waals surface area contributed by atoms with E-state index in [-0.39, 0.29) is 5.57 Å². The van der Waals surface area contributed by atoms with Crippen LogP contribution in [0.2, 0.25) is 0 Å². The predicted molar refractivity (Wildman–Crippen MR) is 58.5 cm³/mol. The fourth-order valence-electron chi connectivity index (χ4n) is 1.23. The van der Waals surface area contributed by atoms with Crippen LogP contribution in [-0.4, -0.2) is 78.8 Å². The van der Waals surface area contributed by atoms with Gasteiger partial charge in [-0.2, -0.15) is 0 Å². The Morgan fingerprint density at radius 1 is 0.944 bits per heavy atom. The maximum atomic E-state index is 10.4. The molecule has 0 aromatic heterocycles. The predicted octanol–water partition coefficient (Wildman–Crippen LogP) is -3.19. The summed E-state index contributed by atoms with van der Waals surface area (Å²) in [5.41, 5.74) is -0.383. The van der Waals surface area contributed by atoms with Crippen molar-refractivity contribution in [2.75, 3.05) is 6.61 Å². The third-order valence-corrected chi connectivity index (χ3v) is 2.43. The highest BCUT2D eigenvalue weighted by Crippen LogP contribution is 2.13. The van der Waals surface area contributed by atoms with Gasteiger partial charge in [-0.3, -0.25) is 0 Å². The smallest absolute Gasteiger partial charge is 0.331 e. The molecule has 0 radical (unpaired) electrons. The van der Waals surface area contributed by atoms with Gasteiger partial charge in [0.05, 0.1) is 12.7 Å². The van der Waals surface area contributed by atoms with Crippen molar-refractivity contribution in [3.63, 3.8) is 0 Å². The molecule has 0 aromatic rings. The summed E-state index contributed by atoms with van der Waals surface area (Å²) in [5.74, 6) is -1.37. The highest BCUT2D eigenvalue weighted by atomic mass is 16.4. The van der Waals surface area contributed by atoms with Crippen LogP contribution in [0.4, 0.5) is 0 Å². The minimum atomic E-state index is -1.94. The summed E-state index contributed by atoms with van der Waals surface area (Å²) < 4.78 is 0. The van der Waals surface area contributed by atoms with Gasteiger partial charge in [0, 0.05) is 12.0 Å². The number of carboxylic acid groups (broad SMARTS) is 1. The molecule has 0 fully saturated rings. The zero-order chi connectivity index (χ0) is 14.5. The molecule has 0 saturated carbocycles. The fraction of sp³-hybridized carbons (Fsp3) is 0.700. The molecule has 0 unspecified atom stereocenters. The Balaban J connectivity index is 4.49. The molecule has 0 rings (SSSR count). The number of hydrogen-bond donors (Lipinski definition) is 7. The average Bonchev–Trinajstić information content (AvgIpc) is 2.34. The van der Waals surface area contributed by atoms with Gasteiger partial charge in [-0.15, -0.1) is 0 Å². The van der Waals surface area contributed by atoms with Crippen molar-refractivity contribution in [3.8, 4) is 0 Å². The van der Waals surface area contributed by atoms with Crippen LogP contribution in [0.25, 0.3) is 0 Å². The Morgan fingerprint density at radius 2 is 1.39 bits per heavy atom. The Hall–Kier alpha value is -1.03. The summed E-state index contributed by atoms with van der Waals surface area (Å²) >= 11 is 0. The van der Waals surface area contributed by atoms with Crippen LogP contribution in [0.15, 0.2) is 12.2 Å². The van der Waals surface area contributed by atoms with Gasteiger partial charge >= 0.3 is 5.97 Å². The van der Waals surface area contributed by atoms with E-state index in [0.717, 1.165) is 0 Å². The number of aliphatic hydroxyl groups is 6. The van der Waals surface area contributed by atoms with Crippen molar-refractivity contribution in [2.45, 2.75) is 36.9 Å². The average molecular weight is 266 g/mol. The molecule has 0 heterocycles. The molecular formula is C10H18O8. The largest absolute Gasteiger partial charge is 0.478 e. The number of aliphatic hydroxyl groups excluding tert-OH is 6. The first-order valence-corrected chi connectivity index (χ1v) is 5.14. The molecule has 7 N–H and O–H groups in total. The van der Waals surface area contributed by atoms with Crippen LogP contribution in [0.3, 0.4) is 0 Å². The molecule has 5 atom stereocenters. The second-order valence-corrected chi connectivity index (χ2v) is 3.90. The van der Waals surface area contributed by atoms with E-state index < -0.39 is 49.5 Å². The molecule has 0 bridgehead atoms. The fourth-order valence-corrected chi connectivity index (χ4v) is 1.23. The third-order valence-electron chi connectivity index (χ3n) is 2.43. The minimum Gasteiger partial charge on any atom is -0.478 e. The van der Waals surface area contributed by atoms with E-state index in [1.807, 2.05) is 0 Å². The van der Waals surface area contributed by atoms with Gasteiger partial charge in [0.25, 0.3) is 0 Å². The molecule has 8 nitrogen and oxygen atoms in total. The van der Waals surface area contributed by atoms with E-state index >= 15 is 0 Å². The lowest BCUT2D eigenvalue weighted by atomic mass is 9.96. The van der Waals surface area contributed by atoms with Gasteiger partial charge in [-0.05, 0) is 0 Å². The number of aliphatic carboxylic acids is 1. The van der Waals surface area contributed by atoms with E-state index in [2.05, 4.69) is 6.58 Å². The zero-order valence-corrected chi connectivity index (χ0v) is 9.55. The lowest BCUT2D eigenvalue weighted by Crippen LogP contribution is -2.50. The maximum Gasteiger partial charge on any atom is 0.331 e. The number of hydrogen-bond acceptors (Lipinski definition) is 7. The molecule has 106 valence electrons. The van der Waals surface area contributed by atoms with Crippen LogP contribution >= 0.6 is 0 Å². The molecule has 0 spiro atoms. The summed E-state index contributed by atoms with van der Waals surface area (Å²) in [7, 11) is 0. The van der Waals surface area contributed by atoms with Gasteiger partial charge in [0.1, 0.15) is 24.4 Å². The quantitative estimate of drug-likeness (QED) is 0.226. The van der Waals surface area contributed by atoms with Gasteiger partial charge in [0.15, 0.2) is 0 Å². The summed E-state index contributed by atoms with van der Waals surface area (Å²) in [6.07, 6.45) is -9.59. The summed E-state index contributed by atoms with van der Waals surface area (Å²) in [6.45, 7) is 2.28. The van der Waals surface area contributed by atoms with Crippen molar-refractivity contribution in [2.24, 2.45) is 0 Å². The first-order valence-electron chi connectivity index (χ1n) is 5.14. The van der Waals surface area contributed by atoms with Crippen LogP contribution < -0.4 is 0 Å². The van der Waals surface area contributed by atoms with Crippen LogP contribution in [0.5, 0.6) is 0 Å². The standard InChI is InChI=1S/C10H18O8/c1-4(10(17)18)2-5(12)7(14)9(16)8(15)6(13)3-11/h5-9,11-16H,1-3H2,(H,17,18)/t5-,6+,7+,8+,9+/m0/s1. The lowest BCUT2D eigenvalue weighted by Gasteiger charge is -2.28. The Labute approximate surface area is 103 Å². The molecule has 0 aliphatic heterocycles. The monoisotopic (exact) mass is 266 g/mol. The second-order valence-electron chi connectivity index (χ2n) is 3.90. The van der Waals surface area contributed by atoms with E-state index in [1.54, 1.807) is 0 Å². The summed E-state index contributed by atoms with van der Waals surface area (Å²) in [6, 6.07) is 0. The summed E-state index contributed by atoms with van der Waals surface area (Å²) in [5, 5.41) is 63.6. The van der Waals surface area contributed by atoms with Crippen molar-refractivity contribution in [3.05, 3.63) is 12.2 Å². The Morgan fingerprint density at radius 3 is 1.78 bits per heavy atom. The normalized spacial score (nSPS) is 19.7. The molecule has 0 saturated heterocycles. The highest BCUT2D eigenvalue weighted by molar-refractivity contribution is 5.85. The molecule has 0 aliphatic carbocycles. The molecule has 0 aliphatic rings. The lowest BCUT2D eigenvalue weighted by molar-refractivity contribution is -0.142. The van der Waals surface area contributed by atoms with E-state index in [0.29, 0.717) is 0 Å². The molecular weight excluding hydrogens is 248 g/mol. The number of rotatable bonds is 8. The number of carboxylic acids is 1. The first-order chi connectivity index (χ1) is 8.22. The zero-order valence-electron chi connectivity index (χ0n) is 9.55. The van der Waals surface area contributed by atoms with Gasteiger partial charge < -0.3 is 35.7 Å². The summed E-state index contributed by atoms with van der Waals surface area (Å²) in [4.78, 5) is 10.4. The van der Waals surface area contributed by atoms with Crippen molar-refractivity contribution < 1.29 is 40.5 Å². The SMILES string of the molecule is C=C(C[C@H](O)[C@@H](O)[C@@H](O)[C@H](O)[C@H](O)CO)C(=O)O. The van der Waals surface area contributed by atoms with E-state index in [4.69, 9.17) is 15.3 Å². The van der Waals surface area contributed by atoms with Gasteiger partial charge in [-0.1, -0.05) is 6.58 Å². The van der Waals surface area contributed by atoms with Gasteiger partial charge in [0.2, 0.25) is 0 Å². The van der Waals surface area contributed by atoms with Crippen molar-refractivity contribution in [1.82, 2.24) is 0 Å².